The molecule has 0 fully saturated rings. The van der Waals surface area contributed by atoms with Gasteiger partial charge < -0.3 is 10.5 Å². The van der Waals surface area contributed by atoms with Crippen molar-refractivity contribution in [3.05, 3.63) is 0 Å². The fraction of sp³-hybridized carbons (Fsp3) is 0.857. The molecular formula is C7H16ClNO2. The molecule has 0 spiro atoms. The lowest BCUT2D eigenvalue weighted by Crippen LogP contribution is -2.10. The van der Waals surface area contributed by atoms with Gasteiger partial charge in [0.2, 0.25) is 0 Å². The Morgan fingerprint density at radius 3 is 2.27 bits per heavy atom. The summed E-state index contributed by atoms with van der Waals surface area (Å²) >= 11 is 5.00. The van der Waals surface area contributed by atoms with E-state index in [0.29, 0.717) is 19.6 Å². The Bertz CT molecular complexity index is 80.5. The number of carbonyl (C=O) groups is 1. The number of hydrogen-bond donors (Lipinski definition) is 1. The Kier molecular flexibility index (Phi) is 15.0. The van der Waals surface area contributed by atoms with E-state index in [1.165, 1.54) is 0 Å². The van der Waals surface area contributed by atoms with Gasteiger partial charge in [-0.2, -0.15) is 0 Å². The van der Waals surface area contributed by atoms with Crippen molar-refractivity contribution in [2.24, 2.45) is 5.73 Å². The van der Waals surface area contributed by atoms with Crippen LogP contribution in [0.25, 0.3) is 0 Å². The van der Waals surface area contributed by atoms with Crippen LogP contribution in [0.4, 0.5) is 0 Å². The standard InChI is InChI=1S/C5H11NO2.C2H5Cl/c1-2-8-5(7)3-4-6;1-2-3/h2-4,6H2,1H3;2H2,1H3. The van der Waals surface area contributed by atoms with Crippen molar-refractivity contribution in [1.29, 1.82) is 0 Å². The van der Waals surface area contributed by atoms with E-state index in [9.17, 15) is 4.79 Å². The second-order valence-corrected chi connectivity index (χ2v) is 2.15. The van der Waals surface area contributed by atoms with E-state index < -0.39 is 0 Å². The van der Waals surface area contributed by atoms with Gasteiger partial charge in [-0.1, -0.05) is 6.92 Å². The molecule has 3 nitrogen and oxygen atoms in total. The molecule has 0 aliphatic carbocycles. The SMILES string of the molecule is CCCl.CCOC(=O)CCN. The number of esters is 1. The first-order valence-corrected chi connectivity index (χ1v) is 4.17. The van der Waals surface area contributed by atoms with Crippen LogP contribution in [0.1, 0.15) is 20.3 Å². The summed E-state index contributed by atoms with van der Waals surface area (Å²) in [6, 6.07) is 0. The molecule has 68 valence electrons. The summed E-state index contributed by atoms with van der Waals surface area (Å²) in [6.45, 7) is 4.48. The zero-order chi connectivity index (χ0) is 9.11. The number of rotatable bonds is 3. The minimum Gasteiger partial charge on any atom is -0.466 e. The third kappa shape index (κ3) is 17.7. The van der Waals surface area contributed by atoms with Crippen molar-refractivity contribution in [2.45, 2.75) is 20.3 Å². The molecule has 0 unspecified atom stereocenters. The molecule has 4 heteroatoms. The predicted octanol–water partition coefficient (Wildman–Crippen LogP) is 1.14. The monoisotopic (exact) mass is 181 g/mol. The summed E-state index contributed by atoms with van der Waals surface area (Å²) in [5.74, 6) is 0.509. The Morgan fingerprint density at radius 2 is 2.00 bits per heavy atom. The fourth-order valence-corrected chi connectivity index (χ4v) is 0.351. The molecule has 0 aliphatic heterocycles. The van der Waals surface area contributed by atoms with E-state index in [1.807, 2.05) is 6.92 Å². The van der Waals surface area contributed by atoms with Crippen LogP contribution in [-0.2, 0) is 9.53 Å². The van der Waals surface area contributed by atoms with Gasteiger partial charge in [-0.15, -0.1) is 11.6 Å². The van der Waals surface area contributed by atoms with Crippen LogP contribution in [0.3, 0.4) is 0 Å². The maximum Gasteiger partial charge on any atom is 0.307 e. The second kappa shape index (κ2) is 12.4. The highest BCUT2D eigenvalue weighted by atomic mass is 35.5. The van der Waals surface area contributed by atoms with Crippen LogP contribution < -0.4 is 5.73 Å². The molecule has 0 heterocycles. The first-order chi connectivity index (χ1) is 5.22. The lowest BCUT2D eigenvalue weighted by Gasteiger charge is -1.96. The number of carbonyl (C=O) groups excluding carboxylic acids is 1. The summed E-state index contributed by atoms with van der Waals surface area (Å²) in [5.41, 5.74) is 5.06. The molecule has 0 amide bonds. The van der Waals surface area contributed by atoms with Crippen molar-refractivity contribution in [3.63, 3.8) is 0 Å². The zero-order valence-electron chi connectivity index (χ0n) is 7.10. The van der Waals surface area contributed by atoms with Gasteiger partial charge in [-0.25, -0.2) is 0 Å². The van der Waals surface area contributed by atoms with Gasteiger partial charge >= 0.3 is 5.97 Å². The average Bonchev–Trinajstić information content (AvgIpc) is 1.90. The minimum absolute atomic E-state index is 0.213. The Labute approximate surface area is 72.9 Å². The van der Waals surface area contributed by atoms with E-state index >= 15 is 0 Å². The summed E-state index contributed by atoms with van der Waals surface area (Å²) in [6.07, 6.45) is 0.327. The number of halogens is 1. The van der Waals surface area contributed by atoms with Crippen molar-refractivity contribution in [3.8, 4) is 0 Å². The smallest absolute Gasteiger partial charge is 0.307 e. The van der Waals surface area contributed by atoms with E-state index in [-0.39, 0.29) is 5.97 Å². The van der Waals surface area contributed by atoms with Crippen LogP contribution in [0, 0.1) is 0 Å². The second-order valence-electron chi connectivity index (χ2n) is 1.61. The highest BCUT2D eigenvalue weighted by Crippen LogP contribution is 1.80. The predicted molar refractivity (Wildman–Crippen MR) is 46.7 cm³/mol. The maximum atomic E-state index is 10.3. The molecular weight excluding hydrogens is 166 g/mol. The average molecular weight is 182 g/mol. The maximum absolute atomic E-state index is 10.3. The molecule has 0 aromatic rings. The molecule has 0 saturated carbocycles. The first-order valence-electron chi connectivity index (χ1n) is 3.64. The lowest BCUT2D eigenvalue weighted by atomic mass is 10.4. The number of nitrogens with two attached hydrogens (primary N) is 1. The molecule has 0 aromatic carbocycles. The van der Waals surface area contributed by atoms with E-state index in [0.717, 1.165) is 5.88 Å². The number of ether oxygens (including phenoxy) is 1. The van der Waals surface area contributed by atoms with Crippen molar-refractivity contribution in [2.75, 3.05) is 19.0 Å². The summed E-state index contributed by atoms with van der Waals surface area (Å²) < 4.78 is 4.56. The van der Waals surface area contributed by atoms with E-state index in [4.69, 9.17) is 17.3 Å². The molecule has 0 saturated heterocycles. The summed E-state index contributed by atoms with van der Waals surface area (Å²) in [5, 5.41) is 0. The van der Waals surface area contributed by atoms with Crippen molar-refractivity contribution in [1.82, 2.24) is 0 Å². The lowest BCUT2D eigenvalue weighted by molar-refractivity contribution is -0.142. The molecule has 0 bridgehead atoms. The van der Waals surface area contributed by atoms with E-state index in [2.05, 4.69) is 4.74 Å². The van der Waals surface area contributed by atoms with Gasteiger partial charge in [0, 0.05) is 12.4 Å². The van der Waals surface area contributed by atoms with Crippen LogP contribution in [0.2, 0.25) is 0 Å². The van der Waals surface area contributed by atoms with Crippen LogP contribution >= 0.6 is 11.6 Å². The first kappa shape index (κ1) is 13.3. The Morgan fingerprint density at radius 1 is 1.55 bits per heavy atom. The highest BCUT2D eigenvalue weighted by Gasteiger charge is 1.95. The molecule has 0 aliphatic rings. The van der Waals surface area contributed by atoms with Crippen LogP contribution in [0.5, 0.6) is 0 Å². The van der Waals surface area contributed by atoms with Gasteiger partial charge in [0.15, 0.2) is 0 Å². The van der Waals surface area contributed by atoms with Crippen molar-refractivity contribution < 1.29 is 9.53 Å². The third-order valence-electron chi connectivity index (χ3n) is 0.654. The molecule has 0 aromatic heterocycles. The topological polar surface area (TPSA) is 52.3 Å². The van der Waals surface area contributed by atoms with Crippen LogP contribution in [0.15, 0.2) is 0 Å². The molecule has 0 radical (unpaired) electrons. The van der Waals surface area contributed by atoms with Gasteiger partial charge in [-0.05, 0) is 6.92 Å². The van der Waals surface area contributed by atoms with Crippen LogP contribution in [-0.4, -0.2) is 25.0 Å². The van der Waals surface area contributed by atoms with Gasteiger partial charge in [0.05, 0.1) is 13.0 Å². The summed E-state index contributed by atoms with van der Waals surface area (Å²) in [7, 11) is 0. The van der Waals surface area contributed by atoms with E-state index in [1.54, 1.807) is 6.92 Å². The molecule has 11 heavy (non-hydrogen) atoms. The molecule has 0 atom stereocenters. The minimum atomic E-state index is -0.213. The molecule has 2 N–H and O–H groups in total. The fourth-order valence-electron chi connectivity index (χ4n) is 0.351. The Balaban J connectivity index is 0. The number of alkyl halides is 1. The third-order valence-corrected chi connectivity index (χ3v) is 0.654. The largest absolute Gasteiger partial charge is 0.466 e. The number of hydrogen-bond acceptors (Lipinski definition) is 3. The molecule has 0 rings (SSSR count). The van der Waals surface area contributed by atoms with Gasteiger partial charge in [-0.3, -0.25) is 4.79 Å². The summed E-state index contributed by atoms with van der Waals surface area (Å²) in [4.78, 5) is 10.3. The zero-order valence-corrected chi connectivity index (χ0v) is 7.86. The quantitative estimate of drug-likeness (QED) is 0.525. The Hall–Kier alpha value is -0.280. The van der Waals surface area contributed by atoms with Gasteiger partial charge in [0.25, 0.3) is 0 Å². The van der Waals surface area contributed by atoms with Gasteiger partial charge in [0.1, 0.15) is 0 Å². The highest BCUT2D eigenvalue weighted by molar-refractivity contribution is 6.17. The van der Waals surface area contributed by atoms with Crippen molar-refractivity contribution >= 4 is 17.6 Å². The normalized spacial score (nSPS) is 8.00.